The molecule has 3 rings (SSSR count). The van der Waals surface area contributed by atoms with Crippen LogP contribution in [-0.2, 0) is 9.53 Å². The van der Waals surface area contributed by atoms with Gasteiger partial charge in [-0.2, -0.15) is 0 Å². The van der Waals surface area contributed by atoms with Crippen molar-refractivity contribution < 1.29 is 28.5 Å². The molecule has 1 atom stereocenters. The van der Waals surface area contributed by atoms with E-state index in [0.717, 1.165) is 11.1 Å². The average Bonchev–Trinajstić information content (AvgIpc) is 2.81. The Kier molecular flexibility index (Phi) is 7.48. The van der Waals surface area contributed by atoms with Crippen LogP contribution in [0.1, 0.15) is 29.7 Å². The summed E-state index contributed by atoms with van der Waals surface area (Å²) in [7, 11) is 4.67. The summed E-state index contributed by atoms with van der Waals surface area (Å²) in [6.45, 7) is 5.90. The van der Waals surface area contributed by atoms with E-state index in [1.807, 2.05) is 32.0 Å². The van der Waals surface area contributed by atoms with Crippen LogP contribution in [0.4, 0.5) is 4.79 Å². The van der Waals surface area contributed by atoms with E-state index in [1.54, 1.807) is 39.3 Å². The fourth-order valence-electron chi connectivity index (χ4n) is 3.70. The minimum absolute atomic E-state index is 0.0112. The fraction of sp³-hybridized carbons (Fsp3) is 0.360. The normalized spacial score (nSPS) is 15.8. The Balaban J connectivity index is 2.11. The first-order valence-corrected chi connectivity index (χ1v) is 10.7. The topological polar surface area (TPSA) is 86.3 Å². The Morgan fingerprint density at radius 3 is 2.52 bits per heavy atom. The van der Waals surface area contributed by atoms with Crippen molar-refractivity contribution in [2.24, 2.45) is 0 Å². The minimum Gasteiger partial charge on any atom is -0.497 e. The van der Waals surface area contributed by atoms with E-state index in [9.17, 15) is 9.59 Å². The molecule has 0 unspecified atom stereocenters. The summed E-state index contributed by atoms with van der Waals surface area (Å²) in [5.41, 5.74) is 3.38. The van der Waals surface area contributed by atoms with E-state index in [-0.39, 0.29) is 24.8 Å². The first-order valence-electron chi connectivity index (χ1n) is 10.7. The molecule has 0 spiro atoms. The highest BCUT2D eigenvalue weighted by Crippen LogP contribution is 2.37. The monoisotopic (exact) mass is 454 g/mol. The second-order valence-electron chi connectivity index (χ2n) is 7.62. The number of esters is 1. The zero-order valence-corrected chi connectivity index (χ0v) is 19.9. The third-order valence-corrected chi connectivity index (χ3v) is 5.74. The molecule has 8 nitrogen and oxygen atoms in total. The van der Waals surface area contributed by atoms with Crippen molar-refractivity contribution in [2.75, 3.05) is 34.5 Å². The van der Waals surface area contributed by atoms with Gasteiger partial charge in [0.05, 0.1) is 38.1 Å². The molecule has 33 heavy (non-hydrogen) atoms. The van der Waals surface area contributed by atoms with Crippen molar-refractivity contribution in [1.29, 1.82) is 0 Å². The van der Waals surface area contributed by atoms with Gasteiger partial charge in [-0.1, -0.05) is 12.1 Å². The molecule has 1 N–H and O–H groups in total. The van der Waals surface area contributed by atoms with E-state index in [4.69, 9.17) is 18.9 Å². The number of carbonyl (C=O) groups excluding carboxylic acids is 2. The lowest BCUT2D eigenvalue weighted by Crippen LogP contribution is -2.48. The van der Waals surface area contributed by atoms with Crippen LogP contribution >= 0.6 is 0 Å². The van der Waals surface area contributed by atoms with E-state index in [0.29, 0.717) is 28.5 Å². The number of aryl methyl sites for hydroxylation is 1. The zero-order valence-electron chi connectivity index (χ0n) is 19.9. The molecule has 0 saturated heterocycles. The molecular formula is C25H30N2O6. The van der Waals surface area contributed by atoms with Crippen LogP contribution in [0.2, 0.25) is 0 Å². The Bertz CT molecular complexity index is 1080. The standard InChI is InChI=1S/C25H30N2O6/c1-7-32-24(28)22-19(14-33-20-10-8-9-15(2)16(20)3)27(4)25(29)26-23(22)18-12-11-17(30-5)13-21(18)31-6/h8-13,23H,7,14H2,1-6H3,(H,26,29)/t23-/m1/s1. The van der Waals surface area contributed by atoms with Crippen molar-refractivity contribution in [3.8, 4) is 17.2 Å². The highest BCUT2D eigenvalue weighted by atomic mass is 16.5. The Labute approximate surface area is 194 Å². The molecule has 0 radical (unpaired) electrons. The third-order valence-electron chi connectivity index (χ3n) is 5.74. The first-order chi connectivity index (χ1) is 15.8. The largest absolute Gasteiger partial charge is 0.497 e. The zero-order chi connectivity index (χ0) is 24.1. The average molecular weight is 455 g/mol. The number of nitrogens with zero attached hydrogens (tertiary/aromatic N) is 1. The Morgan fingerprint density at radius 2 is 1.85 bits per heavy atom. The number of hydrogen-bond acceptors (Lipinski definition) is 6. The highest BCUT2D eigenvalue weighted by molar-refractivity contribution is 5.95. The van der Waals surface area contributed by atoms with Gasteiger partial charge < -0.3 is 24.3 Å². The van der Waals surface area contributed by atoms with Gasteiger partial charge in [0, 0.05) is 18.7 Å². The summed E-state index contributed by atoms with van der Waals surface area (Å²) in [6, 6.07) is 9.82. The molecule has 0 aromatic heterocycles. The van der Waals surface area contributed by atoms with Crippen molar-refractivity contribution >= 4 is 12.0 Å². The first kappa shape index (κ1) is 24.0. The summed E-state index contributed by atoms with van der Waals surface area (Å²) in [5, 5.41) is 2.88. The lowest BCUT2D eigenvalue weighted by Gasteiger charge is -2.35. The number of carbonyl (C=O) groups is 2. The lowest BCUT2D eigenvalue weighted by molar-refractivity contribution is -0.139. The van der Waals surface area contributed by atoms with Gasteiger partial charge in [-0.25, -0.2) is 9.59 Å². The number of urea groups is 1. The molecule has 0 bridgehead atoms. The summed E-state index contributed by atoms with van der Waals surface area (Å²) in [6.07, 6.45) is 0. The number of rotatable bonds is 8. The molecule has 2 aromatic carbocycles. The minimum atomic E-state index is -0.786. The highest BCUT2D eigenvalue weighted by Gasteiger charge is 2.38. The number of ether oxygens (including phenoxy) is 4. The third kappa shape index (κ3) is 4.89. The van der Waals surface area contributed by atoms with Gasteiger partial charge in [-0.15, -0.1) is 0 Å². The lowest BCUT2D eigenvalue weighted by atomic mass is 9.93. The molecule has 0 fully saturated rings. The van der Waals surface area contributed by atoms with Crippen LogP contribution in [0.15, 0.2) is 47.7 Å². The molecule has 176 valence electrons. The number of nitrogens with one attached hydrogen (secondary N) is 1. The molecule has 2 aromatic rings. The summed E-state index contributed by atoms with van der Waals surface area (Å²) in [5.74, 6) is 1.21. The molecule has 1 aliphatic heterocycles. The van der Waals surface area contributed by atoms with Gasteiger partial charge in [0.15, 0.2) is 0 Å². The quantitative estimate of drug-likeness (QED) is 0.609. The SMILES string of the molecule is CCOC(=O)C1=C(COc2cccc(C)c2C)N(C)C(=O)N[C@@H]1c1ccc(OC)cc1OC. The summed E-state index contributed by atoms with van der Waals surface area (Å²) >= 11 is 0. The molecule has 8 heteroatoms. The van der Waals surface area contributed by atoms with Gasteiger partial charge >= 0.3 is 12.0 Å². The molecule has 1 heterocycles. The number of amides is 2. The summed E-state index contributed by atoms with van der Waals surface area (Å²) < 4.78 is 22.3. The van der Waals surface area contributed by atoms with Crippen LogP contribution in [0.3, 0.4) is 0 Å². The van der Waals surface area contributed by atoms with Gasteiger partial charge in [0.1, 0.15) is 23.9 Å². The van der Waals surface area contributed by atoms with Crippen LogP contribution in [0.5, 0.6) is 17.2 Å². The van der Waals surface area contributed by atoms with E-state index in [2.05, 4.69) is 5.32 Å². The maximum Gasteiger partial charge on any atom is 0.338 e. The predicted molar refractivity (Wildman–Crippen MR) is 124 cm³/mol. The fourth-order valence-corrected chi connectivity index (χ4v) is 3.70. The number of likely N-dealkylation sites (N-methyl/N-ethyl adjacent to an activating group) is 1. The second-order valence-corrected chi connectivity index (χ2v) is 7.62. The molecular weight excluding hydrogens is 424 g/mol. The van der Waals surface area contributed by atoms with E-state index < -0.39 is 12.0 Å². The maximum absolute atomic E-state index is 13.1. The van der Waals surface area contributed by atoms with Crippen LogP contribution in [0.25, 0.3) is 0 Å². The smallest absolute Gasteiger partial charge is 0.338 e. The van der Waals surface area contributed by atoms with Gasteiger partial charge in [0.2, 0.25) is 0 Å². The number of benzene rings is 2. The van der Waals surface area contributed by atoms with Crippen molar-refractivity contribution in [3.63, 3.8) is 0 Å². The van der Waals surface area contributed by atoms with Gasteiger partial charge in [0.25, 0.3) is 0 Å². The van der Waals surface area contributed by atoms with E-state index in [1.165, 1.54) is 12.0 Å². The molecule has 0 saturated carbocycles. The van der Waals surface area contributed by atoms with Crippen molar-refractivity contribution in [3.05, 3.63) is 64.4 Å². The van der Waals surface area contributed by atoms with Crippen LogP contribution in [0, 0.1) is 13.8 Å². The van der Waals surface area contributed by atoms with Crippen LogP contribution in [-0.4, -0.2) is 51.4 Å². The van der Waals surface area contributed by atoms with Gasteiger partial charge in [-0.05, 0) is 50.1 Å². The Hall–Kier alpha value is -3.68. The van der Waals surface area contributed by atoms with Crippen molar-refractivity contribution in [2.45, 2.75) is 26.8 Å². The molecule has 0 aliphatic carbocycles. The molecule has 1 aliphatic rings. The van der Waals surface area contributed by atoms with E-state index >= 15 is 0 Å². The number of hydrogen-bond donors (Lipinski definition) is 1. The second kappa shape index (κ2) is 10.3. The van der Waals surface area contributed by atoms with Gasteiger partial charge in [-0.3, -0.25) is 4.90 Å². The van der Waals surface area contributed by atoms with Crippen LogP contribution < -0.4 is 19.5 Å². The Morgan fingerprint density at radius 1 is 1.09 bits per heavy atom. The molecule has 2 amide bonds. The predicted octanol–water partition coefficient (Wildman–Crippen LogP) is 3.91. The maximum atomic E-state index is 13.1. The van der Waals surface area contributed by atoms with Crippen molar-refractivity contribution in [1.82, 2.24) is 10.2 Å². The summed E-state index contributed by atoms with van der Waals surface area (Å²) in [4.78, 5) is 27.4. The number of methoxy groups -OCH3 is 2.